The molecule has 0 aromatic carbocycles. The first-order valence-electron chi connectivity index (χ1n) is 2.83. The Kier molecular flexibility index (Phi) is 2.70. The number of hydrogen-bond acceptors (Lipinski definition) is 4. The molecule has 11 heavy (non-hydrogen) atoms. The molecule has 1 heterocycles. The fraction of sp³-hybridized carbons (Fsp3) is 0. The van der Waals surface area contributed by atoms with E-state index in [1.54, 1.807) is 0 Å². The maximum absolute atomic E-state index is 8.34. The molecule has 0 aliphatic carbocycles. The second-order valence-corrected chi connectivity index (χ2v) is 2.20. The van der Waals surface area contributed by atoms with Gasteiger partial charge in [0.25, 0.3) is 0 Å². The highest BCUT2D eigenvalue weighted by molar-refractivity contribution is 6.33. The molecule has 0 saturated heterocycles. The molecule has 58 valence electrons. The molecule has 0 aliphatic heterocycles. The number of hydrogen-bond donors (Lipinski definition) is 2. The summed E-state index contributed by atoms with van der Waals surface area (Å²) in [7, 11) is -1.84. The maximum Gasteiger partial charge on any atom is 0.708 e. The van der Waals surface area contributed by atoms with Crippen LogP contribution in [0.4, 0.5) is 0 Å². The van der Waals surface area contributed by atoms with Gasteiger partial charge in [-0.2, -0.15) is 0 Å². The molecule has 0 radical (unpaired) electrons. The highest BCUT2D eigenvalue weighted by Gasteiger charge is 2.11. The topological polar surface area (TPSA) is 62.6 Å². The molecule has 0 atom stereocenters. The first kappa shape index (κ1) is 8.32. The molecule has 6 heteroatoms. The van der Waals surface area contributed by atoms with Gasteiger partial charge in [0, 0.05) is 12.3 Å². The van der Waals surface area contributed by atoms with Crippen molar-refractivity contribution in [1.29, 1.82) is 0 Å². The average Bonchev–Trinajstić information content (AvgIpc) is 1.93. The van der Waals surface area contributed by atoms with E-state index in [0.717, 1.165) is 0 Å². The van der Waals surface area contributed by atoms with Gasteiger partial charge < -0.3 is 14.7 Å². The second-order valence-electron chi connectivity index (χ2n) is 1.76. The summed E-state index contributed by atoms with van der Waals surface area (Å²) in [5.41, 5.74) is 0. The van der Waals surface area contributed by atoms with Gasteiger partial charge in [-0.05, 0) is 6.07 Å². The van der Waals surface area contributed by atoms with E-state index in [1.165, 1.54) is 18.3 Å². The SMILES string of the molecule is OB(O)Oc1ccc(Cl)cn1. The molecule has 1 aromatic heterocycles. The zero-order valence-corrected chi connectivity index (χ0v) is 6.19. The van der Waals surface area contributed by atoms with E-state index in [-0.39, 0.29) is 5.88 Å². The Labute approximate surface area is 68.6 Å². The zero-order valence-electron chi connectivity index (χ0n) is 5.44. The normalized spacial score (nSPS) is 9.36. The summed E-state index contributed by atoms with van der Waals surface area (Å²) in [6.07, 6.45) is 1.35. The molecule has 1 aromatic rings. The summed E-state index contributed by atoms with van der Waals surface area (Å²) in [4.78, 5) is 3.64. The Hall–Kier alpha value is -0.775. The Morgan fingerprint density at radius 2 is 2.18 bits per heavy atom. The number of nitrogens with zero attached hydrogens (tertiary/aromatic N) is 1. The smallest absolute Gasteiger partial charge is 0.498 e. The zero-order chi connectivity index (χ0) is 8.27. The van der Waals surface area contributed by atoms with E-state index < -0.39 is 7.32 Å². The van der Waals surface area contributed by atoms with Gasteiger partial charge in [-0.3, -0.25) is 0 Å². The quantitative estimate of drug-likeness (QED) is 0.622. The molecule has 0 aliphatic rings. The average molecular weight is 173 g/mol. The van der Waals surface area contributed by atoms with Crippen molar-refractivity contribution in [1.82, 2.24) is 4.98 Å². The lowest BCUT2D eigenvalue weighted by Crippen LogP contribution is -2.21. The van der Waals surface area contributed by atoms with E-state index >= 15 is 0 Å². The van der Waals surface area contributed by atoms with Crippen LogP contribution in [0.15, 0.2) is 18.3 Å². The minimum Gasteiger partial charge on any atom is -0.498 e. The predicted molar refractivity (Wildman–Crippen MR) is 40.1 cm³/mol. The van der Waals surface area contributed by atoms with Crippen molar-refractivity contribution in [2.75, 3.05) is 0 Å². The monoisotopic (exact) mass is 173 g/mol. The van der Waals surface area contributed by atoms with Crippen LogP contribution in [0.5, 0.6) is 5.88 Å². The van der Waals surface area contributed by atoms with Gasteiger partial charge >= 0.3 is 7.32 Å². The summed E-state index contributed by atoms with van der Waals surface area (Å²) in [5, 5.41) is 17.1. The van der Waals surface area contributed by atoms with Gasteiger partial charge in [0.2, 0.25) is 0 Å². The highest BCUT2D eigenvalue weighted by atomic mass is 35.5. The molecule has 4 nitrogen and oxygen atoms in total. The lowest BCUT2D eigenvalue weighted by molar-refractivity contribution is 0.283. The number of aromatic nitrogens is 1. The van der Waals surface area contributed by atoms with Gasteiger partial charge in [-0.15, -0.1) is 0 Å². The van der Waals surface area contributed by atoms with Crippen LogP contribution in [0.2, 0.25) is 5.02 Å². The molecule has 1 rings (SSSR count). The molecule has 0 fully saturated rings. The fourth-order valence-corrected chi connectivity index (χ4v) is 0.652. The molecule has 0 spiro atoms. The highest BCUT2D eigenvalue weighted by Crippen LogP contribution is 2.11. The molecule has 0 unspecified atom stereocenters. The molecule has 0 amide bonds. The lowest BCUT2D eigenvalue weighted by Gasteiger charge is -2.01. The molecule has 2 N–H and O–H groups in total. The van der Waals surface area contributed by atoms with Crippen molar-refractivity contribution < 1.29 is 14.7 Å². The van der Waals surface area contributed by atoms with E-state index in [1.807, 2.05) is 0 Å². The van der Waals surface area contributed by atoms with Crippen molar-refractivity contribution in [3.05, 3.63) is 23.4 Å². The van der Waals surface area contributed by atoms with E-state index in [4.69, 9.17) is 21.6 Å². The third-order valence-corrected chi connectivity index (χ3v) is 1.15. The predicted octanol–water partition coefficient (Wildman–Crippen LogP) is 0.0833. The Morgan fingerprint density at radius 1 is 1.45 bits per heavy atom. The summed E-state index contributed by atoms with van der Waals surface area (Å²) in [6.45, 7) is 0. The fourth-order valence-electron chi connectivity index (χ4n) is 0.540. The van der Waals surface area contributed by atoms with Gasteiger partial charge in [0.15, 0.2) is 5.88 Å². The van der Waals surface area contributed by atoms with Crippen molar-refractivity contribution in [2.24, 2.45) is 0 Å². The molecular formula is C5H5BClNO3. The standard InChI is InChI=1S/C5H5BClNO3/c7-4-1-2-5(8-3-4)11-6(9)10/h1-3,9-10H. The Morgan fingerprint density at radius 3 is 2.64 bits per heavy atom. The van der Waals surface area contributed by atoms with E-state index in [2.05, 4.69) is 9.64 Å². The summed E-state index contributed by atoms with van der Waals surface area (Å²) in [6, 6.07) is 2.97. The van der Waals surface area contributed by atoms with Crippen molar-refractivity contribution in [2.45, 2.75) is 0 Å². The van der Waals surface area contributed by atoms with E-state index in [0.29, 0.717) is 5.02 Å². The molecule has 0 saturated carbocycles. The van der Waals surface area contributed by atoms with Crippen LogP contribution in [0.25, 0.3) is 0 Å². The first-order valence-corrected chi connectivity index (χ1v) is 3.20. The van der Waals surface area contributed by atoms with Crippen LogP contribution < -0.4 is 4.65 Å². The van der Waals surface area contributed by atoms with Crippen LogP contribution in [0.1, 0.15) is 0 Å². The number of rotatable bonds is 2. The number of halogens is 1. The second kappa shape index (κ2) is 3.57. The van der Waals surface area contributed by atoms with Gasteiger partial charge in [-0.25, -0.2) is 4.98 Å². The lowest BCUT2D eigenvalue weighted by atomic mass is 10.3. The van der Waals surface area contributed by atoms with Gasteiger partial charge in [0.1, 0.15) is 0 Å². The third-order valence-electron chi connectivity index (χ3n) is 0.926. The molecular weight excluding hydrogens is 168 g/mol. The third kappa shape index (κ3) is 2.75. The largest absolute Gasteiger partial charge is 0.708 e. The minimum absolute atomic E-state index is 0.115. The van der Waals surface area contributed by atoms with Crippen LogP contribution in [0.3, 0.4) is 0 Å². The van der Waals surface area contributed by atoms with Crippen molar-refractivity contribution >= 4 is 18.9 Å². The van der Waals surface area contributed by atoms with Crippen LogP contribution in [0, 0.1) is 0 Å². The molecule has 0 bridgehead atoms. The Bertz CT molecular complexity index is 228. The maximum atomic E-state index is 8.34. The van der Waals surface area contributed by atoms with Crippen LogP contribution >= 0.6 is 11.6 Å². The Balaban J connectivity index is 2.66. The van der Waals surface area contributed by atoms with Crippen LogP contribution in [-0.2, 0) is 0 Å². The van der Waals surface area contributed by atoms with Crippen molar-refractivity contribution in [3.63, 3.8) is 0 Å². The van der Waals surface area contributed by atoms with Gasteiger partial charge in [0.05, 0.1) is 5.02 Å². The van der Waals surface area contributed by atoms with Crippen LogP contribution in [-0.4, -0.2) is 22.4 Å². The van der Waals surface area contributed by atoms with E-state index in [9.17, 15) is 0 Å². The summed E-state index contributed by atoms with van der Waals surface area (Å²) in [5.74, 6) is 0.115. The summed E-state index contributed by atoms with van der Waals surface area (Å²) >= 11 is 5.51. The van der Waals surface area contributed by atoms with Crippen molar-refractivity contribution in [3.8, 4) is 5.88 Å². The minimum atomic E-state index is -1.84. The number of pyridine rings is 1. The summed E-state index contributed by atoms with van der Waals surface area (Å²) < 4.78 is 4.41. The van der Waals surface area contributed by atoms with Gasteiger partial charge in [-0.1, -0.05) is 11.6 Å². The first-order chi connectivity index (χ1) is 5.18.